The largest absolute Gasteiger partial charge is 0.366 e. The van der Waals surface area contributed by atoms with Crippen molar-refractivity contribution in [1.82, 2.24) is 10.2 Å². The number of hydrogen-bond donors (Lipinski definition) is 3. The molecule has 1 fully saturated rings. The lowest BCUT2D eigenvalue weighted by Gasteiger charge is -2.21. The van der Waals surface area contributed by atoms with Crippen LogP contribution in [0.25, 0.3) is 0 Å². The van der Waals surface area contributed by atoms with Gasteiger partial charge in [0.2, 0.25) is 17.7 Å². The van der Waals surface area contributed by atoms with Gasteiger partial charge in [0, 0.05) is 18.2 Å². The summed E-state index contributed by atoms with van der Waals surface area (Å²) in [5, 5.41) is 4.52. The summed E-state index contributed by atoms with van der Waals surface area (Å²) in [6.07, 6.45) is 1.89. The van der Waals surface area contributed by atoms with E-state index in [1.807, 2.05) is 4.90 Å². The van der Waals surface area contributed by atoms with Crippen molar-refractivity contribution in [3.63, 3.8) is 0 Å². The molecule has 164 valence electrons. The van der Waals surface area contributed by atoms with Crippen molar-refractivity contribution in [3.8, 4) is 0 Å². The van der Waals surface area contributed by atoms with Gasteiger partial charge in [-0.1, -0.05) is 12.1 Å². The minimum atomic E-state index is -1.69. The van der Waals surface area contributed by atoms with E-state index in [-0.39, 0.29) is 12.6 Å². The Morgan fingerprint density at radius 3 is 2.26 bits per heavy atom. The predicted molar refractivity (Wildman–Crippen MR) is 106 cm³/mol. The molecule has 2 aromatic carbocycles. The van der Waals surface area contributed by atoms with Gasteiger partial charge in [-0.05, 0) is 42.7 Å². The number of halogens is 3. The highest BCUT2D eigenvalue weighted by atomic mass is 19.2. The molecule has 0 radical (unpaired) electrons. The van der Waals surface area contributed by atoms with Crippen LogP contribution < -0.4 is 16.4 Å². The molecule has 10 heteroatoms. The Morgan fingerprint density at radius 2 is 1.65 bits per heavy atom. The molecule has 0 aliphatic heterocycles. The molecule has 31 heavy (non-hydrogen) atoms. The van der Waals surface area contributed by atoms with Crippen molar-refractivity contribution in [3.05, 3.63) is 65.0 Å². The highest BCUT2D eigenvalue weighted by Crippen LogP contribution is 2.28. The van der Waals surface area contributed by atoms with Gasteiger partial charge in [0.15, 0.2) is 17.5 Å². The smallest absolute Gasteiger partial charge is 0.248 e. The molecule has 1 saturated carbocycles. The number of nitrogens with zero attached hydrogens (tertiary/aromatic N) is 1. The van der Waals surface area contributed by atoms with Crippen molar-refractivity contribution in [2.75, 3.05) is 18.4 Å². The molecule has 3 rings (SSSR count). The van der Waals surface area contributed by atoms with Crippen LogP contribution in [0.3, 0.4) is 0 Å². The third kappa shape index (κ3) is 6.05. The van der Waals surface area contributed by atoms with Gasteiger partial charge in [-0.2, -0.15) is 0 Å². The topological polar surface area (TPSA) is 105 Å². The lowest BCUT2D eigenvalue weighted by molar-refractivity contribution is -0.125. The van der Waals surface area contributed by atoms with Gasteiger partial charge < -0.3 is 16.4 Å². The zero-order chi connectivity index (χ0) is 22.5. The van der Waals surface area contributed by atoms with E-state index in [4.69, 9.17) is 5.73 Å². The Kier molecular flexibility index (Phi) is 6.91. The van der Waals surface area contributed by atoms with Gasteiger partial charge in [-0.15, -0.1) is 0 Å². The number of anilines is 1. The number of carbonyl (C=O) groups excluding carboxylic acids is 3. The molecule has 3 amide bonds. The number of nitrogens with one attached hydrogen (secondary N) is 2. The summed E-state index contributed by atoms with van der Waals surface area (Å²) in [4.78, 5) is 37.3. The molecule has 1 aliphatic carbocycles. The van der Waals surface area contributed by atoms with Crippen LogP contribution >= 0.6 is 0 Å². The molecule has 0 saturated heterocycles. The first kappa shape index (κ1) is 22.3. The van der Waals surface area contributed by atoms with Gasteiger partial charge in [-0.25, -0.2) is 13.2 Å². The molecular formula is C21H21F3N4O3. The molecule has 4 N–H and O–H groups in total. The van der Waals surface area contributed by atoms with E-state index >= 15 is 0 Å². The van der Waals surface area contributed by atoms with Crippen molar-refractivity contribution in [1.29, 1.82) is 0 Å². The Hall–Kier alpha value is -3.40. The van der Waals surface area contributed by atoms with Crippen LogP contribution in [-0.4, -0.2) is 41.8 Å². The Labute approximate surface area is 176 Å². The number of primary amides is 1. The molecule has 0 unspecified atom stereocenters. The fourth-order valence-electron chi connectivity index (χ4n) is 3.00. The number of carbonyl (C=O) groups is 3. The maximum absolute atomic E-state index is 13.6. The molecule has 7 nitrogen and oxygen atoms in total. The third-order valence-corrected chi connectivity index (χ3v) is 4.79. The Morgan fingerprint density at radius 1 is 0.968 bits per heavy atom. The zero-order valence-corrected chi connectivity index (χ0v) is 16.5. The number of hydrogen-bond acceptors (Lipinski definition) is 4. The molecule has 0 spiro atoms. The van der Waals surface area contributed by atoms with Crippen LogP contribution in [0.5, 0.6) is 0 Å². The van der Waals surface area contributed by atoms with Crippen LogP contribution in [0.4, 0.5) is 18.9 Å². The average Bonchev–Trinajstić information content (AvgIpc) is 3.58. The SMILES string of the molecule is NC(=O)c1ccc(CN(CC(=O)NCC(=O)Nc2ccc(F)c(F)c2F)C2CC2)cc1. The normalized spacial score (nSPS) is 13.2. The van der Waals surface area contributed by atoms with Crippen molar-refractivity contribution < 1.29 is 27.6 Å². The fourth-order valence-corrected chi connectivity index (χ4v) is 3.00. The lowest BCUT2D eigenvalue weighted by Crippen LogP contribution is -2.41. The molecule has 1 aliphatic rings. The summed E-state index contributed by atoms with van der Waals surface area (Å²) >= 11 is 0. The maximum atomic E-state index is 13.6. The number of rotatable bonds is 9. The van der Waals surface area contributed by atoms with Gasteiger partial charge in [0.1, 0.15) is 0 Å². The van der Waals surface area contributed by atoms with E-state index in [9.17, 15) is 27.6 Å². The summed E-state index contributed by atoms with van der Waals surface area (Å²) < 4.78 is 39.8. The molecular weight excluding hydrogens is 413 g/mol. The second-order valence-electron chi connectivity index (χ2n) is 7.25. The molecule has 0 heterocycles. The number of amides is 3. The van der Waals surface area contributed by atoms with E-state index in [0.717, 1.165) is 24.5 Å². The second kappa shape index (κ2) is 9.61. The molecule has 0 atom stereocenters. The fraction of sp³-hybridized carbons (Fsp3) is 0.286. The third-order valence-electron chi connectivity index (χ3n) is 4.79. The van der Waals surface area contributed by atoms with Crippen molar-refractivity contribution >= 4 is 23.4 Å². The first-order valence-electron chi connectivity index (χ1n) is 9.57. The van der Waals surface area contributed by atoms with Gasteiger partial charge in [0.25, 0.3) is 0 Å². The zero-order valence-electron chi connectivity index (χ0n) is 16.5. The summed E-state index contributed by atoms with van der Waals surface area (Å²) in [7, 11) is 0. The van der Waals surface area contributed by atoms with Gasteiger partial charge in [-0.3, -0.25) is 19.3 Å². The van der Waals surface area contributed by atoms with Gasteiger partial charge >= 0.3 is 0 Å². The average molecular weight is 434 g/mol. The highest BCUT2D eigenvalue weighted by molar-refractivity contribution is 5.95. The minimum absolute atomic E-state index is 0.0368. The lowest BCUT2D eigenvalue weighted by atomic mass is 10.1. The van der Waals surface area contributed by atoms with Crippen molar-refractivity contribution in [2.24, 2.45) is 5.73 Å². The van der Waals surface area contributed by atoms with E-state index in [2.05, 4.69) is 10.6 Å². The van der Waals surface area contributed by atoms with E-state index < -0.39 is 47.4 Å². The number of benzene rings is 2. The maximum Gasteiger partial charge on any atom is 0.248 e. The summed E-state index contributed by atoms with van der Waals surface area (Å²) in [5.74, 6) is -6.28. The van der Waals surface area contributed by atoms with Gasteiger partial charge in [0.05, 0.1) is 18.8 Å². The summed E-state index contributed by atoms with van der Waals surface area (Å²) in [5.41, 5.74) is 6.00. The van der Waals surface area contributed by atoms with Crippen LogP contribution in [0, 0.1) is 17.5 Å². The van der Waals surface area contributed by atoms with E-state index in [1.54, 1.807) is 24.3 Å². The predicted octanol–water partition coefficient (Wildman–Crippen LogP) is 1.92. The summed E-state index contributed by atoms with van der Waals surface area (Å²) in [6, 6.07) is 8.58. The molecule has 0 aromatic heterocycles. The quantitative estimate of drug-likeness (QED) is 0.525. The van der Waals surface area contributed by atoms with Crippen LogP contribution in [0.2, 0.25) is 0 Å². The van der Waals surface area contributed by atoms with Crippen LogP contribution in [0.15, 0.2) is 36.4 Å². The van der Waals surface area contributed by atoms with E-state index in [1.165, 1.54) is 0 Å². The first-order valence-corrected chi connectivity index (χ1v) is 9.57. The molecule has 2 aromatic rings. The molecule has 0 bridgehead atoms. The standard InChI is InChI=1S/C21H21F3N4O3/c22-15-7-8-16(20(24)19(15)23)27-17(29)9-26-18(30)11-28(14-5-6-14)10-12-1-3-13(4-2-12)21(25)31/h1-4,7-8,14H,5-6,9-11H2,(H2,25,31)(H,26,30)(H,27,29). The summed E-state index contributed by atoms with van der Waals surface area (Å²) in [6.45, 7) is 0.0571. The van der Waals surface area contributed by atoms with Crippen LogP contribution in [-0.2, 0) is 16.1 Å². The van der Waals surface area contributed by atoms with E-state index in [0.29, 0.717) is 18.2 Å². The first-order chi connectivity index (χ1) is 14.7. The monoisotopic (exact) mass is 434 g/mol. The Bertz CT molecular complexity index is 994. The Balaban J connectivity index is 1.50. The van der Waals surface area contributed by atoms with Crippen LogP contribution in [0.1, 0.15) is 28.8 Å². The minimum Gasteiger partial charge on any atom is -0.366 e. The second-order valence-corrected chi connectivity index (χ2v) is 7.25. The highest BCUT2D eigenvalue weighted by Gasteiger charge is 2.30. The van der Waals surface area contributed by atoms with Crippen molar-refractivity contribution in [2.45, 2.75) is 25.4 Å². The number of nitrogens with two attached hydrogens (primary N) is 1.